The Bertz CT molecular complexity index is 888. The van der Waals surface area contributed by atoms with Crippen molar-refractivity contribution in [2.75, 3.05) is 0 Å². The fraction of sp³-hybridized carbons (Fsp3) is 0.0625. The monoisotopic (exact) mass is 276 g/mol. The molecule has 0 aliphatic carbocycles. The first-order valence-electron chi connectivity index (χ1n) is 6.35. The Kier molecular flexibility index (Phi) is 2.92. The number of nitriles is 1. The Labute approximate surface area is 121 Å². The summed E-state index contributed by atoms with van der Waals surface area (Å²) in [5.74, 6) is -0.493. The van der Waals surface area contributed by atoms with E-state index in [1.54, 1.807) is 36.1 Å². The minimum Gasteiger partial charge on any atom is -0.364 e. The molecule has 0 fully saturated rings. The predicted octanol–water partition coefficient (Wildman–Crippen LogP) is 2.21. The number of hydrogen-bond donors (Lipinski definition) is 1. The molecule has 2 heterocycles. The average molecular weight is 276 g/mol. The fourth-order valence-electron chi connectivity index (χ4n) is 2.56. The molecule has 1 aromatic carbocycles. The molecule has 102 valence electrons. The third-order valence-electron chi connectivity index (χ3n) is 3.50. The molecule has 0 aliphatic heterocycles. The maximum Gasteiger partial charge on any atom is 0.265 e. The van der Waals surface area contributed by atoms with E-state index in [2.05, 4.69) is 11.1 Å². The molecule has 0 bridgehead atoms. The van der Waals surface area contributed by atoms with E-state index < -0.39 is 5.91 Å². The molecule has 21 heavy (non-hydrogen) atoms. The van der Waals surface area contributed by atoms with E-state index in [1.165, 1.54) is 0 Å². The van der Waals surface area contributed by atoms with Gasteiger partial charge in [0.1, 0.15) is 5.69 Å². The van der Waals surface area contributed by atoms with Crippen LogP contribution in [0.25, 0.3) is 22.0 Å². The molecule has 3 aromatic rings. The molecule has 0 unspecified atom stereocenters. The third-order valence-corrected chi connectivity index (χ3v) is 3.50. The van der Waals surface area contributed by atoms with Gasteiger partial charge >= 0.3 is 0 Å². The molecule has 3 rings (SSSR count). The molecule has 0 aliphatic rings. The van der Waals surface area contributed by atoms with Crippen molar-refractivity contribution in [2.45, 2.75) is 0 Å². The summed E-state index contributed by atoms with van der Waals surface area (Å²) < 4.78 is 1.76. The number of hydrogen-bond acceptors (Lipinski definition) is 3. The molecule has 0 atom stereocenters. The molecule has 1 amide bonds. The van der Waals surface area contributed by atoms with Crippen LogP contribution in [0.15, 0.2) is 42.7 Å². The zero-order valence-electron chi connectivity index (χ0n) is 11.4. The van der Waals surface area contributed by atoms with Crippen LogP contribution < -0.4 is 5.73 Å². The number of pyridine rings is 1. The highest BCUT2D eigenvalue weighted by molar-refractivity contribution is 6.03. The fourth-order valence-corrected chi connectivity index (χ4v) is 2.56. The van der Waals surface area contributed by atoms with Gasteiger partial charge in [-0.25, -0.2) is 0 Å². The number of rotatable bonds is 2. The number of benzene rings is 1. The van der Waals surface area contributed by atoms with Gasteiger partial charge in [-0.1, -0.05) is 0 Å². The van der Waals surface area contributed by atoms with Crippen molar-refractivity contribution < 1.29 is 4.79 Å². The van der Waals surface area contributed by atoms with Crippen LogP contribution in [-0.2, 0) is 7.05 Å². The van der Waals surface area contributed by atoms with Gasteiger partial charge in [0.25, 0.3) is 5.91 Å². The maximum absolute atomic E-state index is 11.5. The molecule has 5 nitrogen and oxygen atoms in total. The molecular weight excluding hydrogens is 264 g/mol. The maximum atomic E-state index is 11.5. The van der Waals surface area contributed by atoms with E-state index in [4.69, 9.17) is 5.73 Å². The van der Waals surface area contributed by atoms with Crippen molar-refractivity contribution in [1.82, 2.24) is 9.55 Å². The lowest BCUT2D eigenvalue weighted by atomic mass is 10.0. The number of aromatic nitrogens is 2. The lowest BCUT2D eigenvalue weighted by Gasteiger charge is -2.08. The van der Waals surface area contributed by atoms with Gasteiger partial charge in [0.2, 0.25) is 0 Å². The molecule has 0 saturated carbocycles. The van der Waals surface area contributed by atoms with E-state index >= 15 is 0 Å². The standard InChI is InChI=1S/C16H12N4O/c1-20-14(16(18)21)8-12-6-10(9-17)7-13(15(12)20)11-2-4-19-5-3-11/h2-8H,1H3,(H2,18,21). The van der Waals surface area contributed by atoms with Crippen molar-refractivity contribution in [3.63, 3.8) is 0 Å². The first-order valence-corrected chi connectivity index (χ1v) is 6.35. The largest absolute Gasteiger partial charge is 0.364 e. The second kappa shape index (κ2) is 4.76. The summed E-state index contributed by atoms with van der Waals surface area (Å²) in [4.78, 5) is 15.5. The lowest BCUT2D eigenvalue weighted by molar-refractivity contribution is 0.0993. The first kappa shape index (κ1) is 12.9. The Morgan fingerprint density at radius 3 is 2.62 bits per heavy atom. The summed E-state index contributed by atoms with van der Waals surface area (Å²) in [6, 6.07) is 11.2. The van der Waals surface area contributed by atoms with E-state index in [-0.39, 0.29) is 0 Å². The molecule has 2 aromatic heterocycles. The molecule has 2 N–H and O–H groups in total. The molecule has 0 saturated heterocycles. The van der Waals surface area contributed by atoms with Gasteiger partial charge in [-0.15, -0.1) is 0 Å². The Morgan fingerprint density at radius 2 is 2.00 bits per heavy atom. The Hall–Kier alpha value is -3.13. The Morgan fingerprint density at radius 1 is 1.29 bits per heavy atom. The number of primary amides is 1. The van der Waals surface area contributed by atoms with Crippen LogP contribution in [0.5, 0.6) is 0 Å². The summed E-state index contributed by atoms with van der Waals surface area (Å²) in [6.45, 7) is 0. The smallest absolute Gasteiger partial charge is 0.265 e. The second-order valence-electron chi connectivity index (χ2n) is 4.76. The van der Waals surface area contributed by atoms with E-state index in [0.717, 1.165) is 22.0 Å². The number of carbonyl (C=O) groups excluding carboxylic acids is 1. The average Bonchev–Trinajstić information content (AvgIpc) is 2.84. The van der Waals surface area contributed by atoms with Gasteiger partial charge in [-0.05, 0) is 35.9 Å². The third kappa shape index (κ3) is 2.03. The second-order valence-corrected chi connectivity index (χ2v) is 4.76. The first-order chi connectivity index (χ1) is 10.1. The van der Waals surface area contributed by atoms with Crippen molar-refractivity contribution in [3.05, 3.63) is 54.0 Å². The highest BCUT2D eigenvalue weighted by Gasteiger charge is 2.15. The number of nitrogens with two attached hydrogens (primary N) is 1. The topological polar surface area (TPSA) is 84.7 Å². The van der Waals surface area contributed by atoms with Crippen LogP contribution in [0.4, 0.5) is 0 Å². The summed E-state index contributed by atoms with van der Waals surface area (Å²) in [5.41, 5.74) is 9.03. The molecule has 5 heteroatoms. The summed E-state index contributed by atoms with van der Waals surface area (Å²) >= 11 is 0. The quantitative estimate of drug-likeness (QED) is 0.778. The van der Waals surface area contributed by atoms with Crippen molar-refractivity contribution in [3.8, 4) is 17.2 Å². The highest BCUT2D eigenvalue weighted by atomic mass is 16.1. The Balaban J connectivity index is 2.42. The van der Waals surface area contributed by atoms with Crippen molar-refractivity contribution in [1.29, 1.82) is 5.26 Å². The van der Waals surface area contributed by atoms with Gasteiger partial charge in [0.05, 0.1) is 17.1 Å². The van der Waals surface area contributed by atoms with E-state index in [1.807, 2.05) is 18.2 Å². The molecular formula is C16H12N4O. The van der Waals surface area contributed by atoms with Gasteiger partial charge in [0.15, 0.2) is 0 Å². The normalized spacial score (nSPS) is 10.5. The highest BCUT2D eigenvalue weighted by Crippen LogP contribution is 2.31. The van der Waals surface area contributed by atoms with Crippen molar-refractivity contribution >= 4 is 16.8 Å². The predicted molar refractivity (Wildman–Crippen MR) is 79.4 cm³/mol. The van der Waals surface area contributed by atoms with E-state index in [9.17, 15) is 10.1 Å². The van der Waals surface area contributed by atoms with Crippen LogP contribution >= 0.6 is 0 Å². The minimum atomic E-state index is -0.493. The number of nitrogens with zero attached hydrogens (tertiary/aromatic N) is 3. The summed E-state index contributed by atoms with van der Waals surface area (Å²) in [7, 11) is 1.79. The molecule has 0 radical (unpaired) electrons. The van der Waals surface area contributed by atoms with Crippen molar-refractivity contribution in [2.24, 2.45) is 12.8 Å². The number of carbonyl (C=O) groups is 1. The van der Waals surface area contributed by atoms with Gasteiger partial charge in [0, 0.05) is 30.4 Å². The van der Waals surface area contributed by atoms with E-state index in [0.29, 0.717) is 11.3 Å². The number of fused-ring (bicyclic) bond motifs is 1. The lowest BCUT2D eigenvalue weighted by Crippen LogP contribution is -2.14. The number of amides is 1. The zero-order chi connectivity index (χ0) is 15.0. The zero-order valence-corrected chi connectivity index (χ0v) is 11.4. The van der Waals surface area contributed by atoms with Crippen LogP contribution in [0.1, 0.15) is 16.1 Å². The SMILES string of the molecule is Cn1c(C(N)=O)cc2cc(C#N)cc(-c3ccncc3)c21. The summed E-state index contributed by atoms with van der Waals surface area (Å²) in [6.07, 6.45) is 3.39. The minimum absolute atomic E-state index is 0.412. The van der Waals surface area contributed by atoms with Gasteiger partial charge in [-0.2, -0.15) is 5.26 Å². The van der Waals surface area contributed by atoms with Crippen LogP contribution in [-0.4, -0.2) is 15.5 Å². The molecule has 0 spiro atoms. The number of aryl methyl sites for hydroxylation is 1. The van der Waals surface area contributed by atoms with Crippen LogP contribution in [0.3, 0.4) is 0 Å². The summed E-state index contributed by atoms with van der Waals surface area (Å²) in [5, 5.41) is 10.0. The van der Waals surface area contributed by atoms with Crippen LogP contribution in [0, 0.1) is 11.3 Å². The van der Waals surface area contributed by atoms with Crippen LogP contribution in [0.2, 0.25) is 0 Å². The van der Waals surface area contributed by atoms with Gasteiger partial charge in [-0.3, -0.25) is 9.78 Å². The van der Waals surface area contributed by atoms with Gasteiger partial charge < -0.3 is 10.3 Å².